The Kier molecular flexibility index (Phi) is 5.38. The van der Waals surface area contributed by atoms with E-state index in [0.29, 0.717) is 25.0 Å². The Balaban J connectivity index is 2.08. The Morgan fingerprint density at radius 3 is 2.81 bits per heavy atom. The van der Waals surface area contributed by atoms with Gasteiger partial charge in [0.1, 0.15) is 12.7 Å². The van der Waals surface area contributed by atoms with Gasteiger partial charge in [-0.3, -0.25) is 0 Å². The number of nitrogens with one attached hydrogen (secondary N) is 1. The zero-order valence-corrected chi connectivity index (χ0v) is 12.5. The highest BCUT2D eigenvalue weighted by molar-refractivity contribution is 5.29. The number of aromatic nitrogens is 6. The van der Waals surface area contributed by atoms with E-state index in [1.165, 1.54) is 17.3 Å². The quantitative estimate of drug-likeness (QED) is 0.690. The first-order valence-corrected chi connectivity index (χ1v) is 6.81. The molecule has 2 heterocycles. The highest BCUT2D eigenvalue weighted by atomic mass is 16.5. The average molecular weight is 292 g/mol. The lowest BCUT2D eigenvalue weighted by Gasteiger charge is -2.10. The first-order valence-electron chi connectivity index (χ1n) is 6.81. The van der Waals surface area contributed by atoms with Crippen molar-refractivity contribution in [1.82, 2.24) is 34.6 Å². The zero-order chi connectivity index (χ0) is 15.1. The van der Waals surface area contributed by atoms with Crippen LogP contribution in [0.15, 0.2) is 12.7 Å². The second-order valence-corrected chi connectivity index (χ2v) is 4.62. The fourth-order valence-electron chi connectivity index (χ4n) is 1.61. The number of nitrogens with zero attached hydrogens (tertiary/aromatic N) is 7. The Labute approximate surface area is 123 Å². The van der Waals surface area contributed by atoms with Gasteiger partial charge in [0, 0.05) is 13.1 Å². The summed E-state index contributed by atoms with van der Waals surface area (Å²) in [5.74, 6) is 0.835. The Morgan fingerprint density at radius 1 is 1.29 bits per heavy atom. The van der Waals surface area contributed by atoms with Gasteiger partial charge in [0.05, 0.1) is 6.61 Å². The third kappa shape index (κ3) is 4.63. The monoisotopic (exact) mass is 292 g/mol. The molecule has 0 radical (unpaired) electrons. The SMILES string of the molecule is CCNc1nc(OCCCN(C)C)nc(-n2cncn2)n1. The molecule has 2 aromatic heterocycles. The molecular weight excluding hydrogens is 272 g/mol. The molecule has 0 aromatic carbocycles. The van der Waals surface area contributed by atoms with Gasteiger partial charge in [-0.2, -0.15) is 24.7 Å². The summed E-state index contributed by atoms with van der Waals surface area (Å²) in [6.07, 6.45) is 3.85. The summed E-state index contributed by atoms with van der Waals surface area (Å²) in [5.41, 5.74) is 0. The molecule has 0 aliphatic carbocycles. The molecule has 114 valence electrons. The van der Waals surface area contributed by atoms with Crippen molar-refractivity contribution in [2.75, 3.05) is 39.1 Å². The number of hydrogen-bond donors (Lipinski definition) is 1. The fourth-order valence-corrected chi connectivity index (χ4v) is 1.61. The van der Waals surface area contributed by atoms with E-state index >= 15 is 0 Å². The van der Waals surface area contributed by atoms with Crippen LogP contribution in [-0.2, 0) is 0 Å². The van der Waals surface area contributed by atoms with Gasteiger partial charge in [-0.05, 0) is 27.4 Å². The van der Waals surface area contributed by atoms with Crippen LogP contribution in [0, 0.1) is 0 Å². The van der Waals surface area contributed by atoms with Gasteiger partial charge >= 0.3 is 6.01 Å². The predicted octanol–water partition coefficient (Wildman–Crippen LogP) is 0.215. The largest absolute Gasteiger partial charge is 0.463 e. The van der Waals surface area contributed by atoms with E-state index in [1.807, 2.05) is 21.0 Å². The Morgan fingerprint density at radius 2 is 2.14 bits per heavy atom. The lowest BCUT2D eigenvalue weighted by Crippen LogP contribution is -2.16. The second-order valence-electron chi connectivity index (χ2n) is 4.62. The van der Waals surface area contributed by atoms with E-state index < -0.39 is 0 Å². The number of rotatable bonds is 8. The molecule has 0 fully saturated rings. The highest BCUT2D eigenvalue weighted by Crippen LogP contribution is 2.10. The van der Waals surface area contributed by atoms with Crippen LogP contribution in [0.1, 0.15) is 13.3 Å². The smallest absolute Gasteiger partial charge is 0.323 e. The molecule has 0 atom stereocenters. The summed E-state index contributed by atoms with van der Waals surface area (Å²) in [7, 11) is 4.05. The maximum atomic E-state index is 5.59. The van der Waals surface area contributed by atoms with Crippen molar-refractivity contribution in [3.8, 4) is 12.0 Å². The first-order chi connectivity index (χ1) is 10.2. The van der Waals surface area contributed by atoms with Crippen LogP contribution in [0.2, 0.25) is 0 Å². The van der Waals surface area contributed by atoms with E-state index in [9.17, 15) is 0 Å². The molecule has 21 heavy (non-hydrogen) atoms. The third-order valence-corrected chi connectivity index (χ3v) is 2.54. The summed E-state index contributed by atoms with van der Waals surface area (Å²) in [4.78, 5) is 18.7. The van der Waals surface area contributed by atoms with Gasteiger partial charge in [-0.15, -0.1) is 0 Å². The van der Waals surface area contributed by atoms with E-state index in [-0.39, 0.29) is 6.01 Å². The highest BCUT2D eigenvalue weighted by Gasteiger charge is 2.09. The van der Waals surface area contributed by atoms with Crippen LogP contribution in [0.3, 0.4) is 0 Å². The summed E-state index contributed by atoms with van der Waals surface area (Å²) in [6.45, 7) is 4.17. The normalized spacial score (nSPS) is 10.9. The molecular formula is C12H20N8O. The zero-order valence-electron chi connectivity index (χ0n) is 12.5. The molecule has 9 heteroatoms. The number of ether oxygens (including phenoxy) is 1. The molecule has 0 unspecified atom stereocenters. The van der Waals surface area contributed by atoms with Crippen molar-refractivity contribution in [1.29, 1.82) is 0 Å². The molecule has 9 nitrogen and oxygen atoms in total. The molecule has 0 aliphatic heterocycles. The summed E-state index contributed by atoms with van der Waals surface area (Å²) < 4.78 is 7.06. The molecule has 0 aliphatic rings. The molecule has 0 saturated carbocycles. The first kappa shape index (κ1) is 15.1. The predicted molar refractivity (Wildman–Crippen MR) is 77.6 cm³/mol. The van der Waals surface area contributed by atoms with Crippen molar-refractivity contribution in [2.24, 2.45) is 0 Å². The molecule has 0 spiro atoms. The summed E-state index contributed by atoms with van der Waals surface area (Å²) in [5, 5.41) is 7.06. The van der Waals surface area contributed by atoms with Gasteiger partial charge < -0.3 is 15.0 Å². The fraction of sp³-hybridized carbons (Fsp3) is 0.583. The number of hydrogen-bond acceptors (Lipinski definition) is 8. The van der Waals surface area contributed by atoms with E-state index in [0.717, 1.165) is 13.0 Å². The summed E-state index contributed by atoms with van der Waals surface area (Å²) in [6, 6.07) is 0.283. The Bertz CT molecular complexity index is 542. The minimum Gasteiger partial charge on any atom is -0.463 e. The maximum Gasteiger partial charge on any atom is 0.323 e. The number of anilines is 1. The molecule has 0 saturated heterocycles. The van der Waals surface area contributed by atoms with Crippen molar-refractivity contribution < 1.29 is 4.74 Å². The van der Waals surface area contributed by atoms with E-state index in [4.69, 9.17) is 4.74 Å². The van der Waals surface area contributed by atoms with Crippen LogP contribution in [0.25, 0.3) is 5.95 Å². The topological polar surface area (TPSA) is 93.9 Å². The van der Waals surface area contributed by atoms with Gasteiger partial charge in [0.15, 0.2) is 0 Å². The molecule has 0 bridgehead atoms. The standard InChI is InChI=1S/C12H20N8O/c1-4-14-10-16-11(20-9-13-8-15-20)18-12(17-10)21-7-5-6-19(2)3/h8-9H,4-7H2,1-3H3,(H,14,16,17,18). The molecule has 0 amide bonds. The minimum absolute atomic E-state index is 0.283. The van der Waals surface area contributed by atoms with E-state index in [2.05, 4.69) is 35.3 Å². The van der Waals surface area contributed by atoms with Crippen LogP contribution in [0.5, 0.6) is 6.01 Å². The van der Waals surface area contributed by atoms with Gasteiger partial charge in [0.2, 0.25) is 5.95 Å². The van der Waals surface area contributed by atoms with Crippen molar-refractivity contribution in [3.05, 3.63) is 12.7 Å². The third-order valence-electron chi connectivity index (χ3n) is 2.54. The van der Waals surface area contributed by atoms with Crippen LogP contribution in [0.4, 0.5) is 5.95 Å². The second kappa shape index (κ2) is 7.48. The lowest BCUT2D eigenvalue weighted by atomic mass is 10.4. The molecule has 1 N–H and O–H groups in total. The van der Waals surface area contributed by atoms with Crippen LogP contribution in [-0.4, -0.2) is 68.4 Å². The van der Waals surface area contributed by atoms with Crippen LogP contribution >= 0.6 is 0 Å². The van der Waals surface area contributed by atoms with Gasteiger partial charge in [-0.25, -0.2) is 4.98 Å². The summed E-state index contributed by atoms with van der Waals surface area (Å²) >= 11 is 0. The minimum atomic E-state index is 0.283. The molecule has 2 aromatic rings. The van der Waals surface area contributed by atoms with Crippen LogP contribution < -0.4 is 10.1 Å². The van der Waals surface area contributed by atoms with Crippen molar-refractivity contribution in [3.63, 3.8) is 0 Å². The average Bonchev–Trinajstić information content (AvgIpc) is 2.98. The van der Waals surface area contributed by atoms with Gasteiger partial charge in [-0.1, -0.05) is 0 Å². The van der Waals surface area contributed by atoms with Crippen molar-refractivity contribution in [2.45, 2.75) is 13.3 Å². The maximum absolute atomic E-state index is 5.59. The van der Waals surface area contributed by atoms with Gasteiger partial charge in [0.25, 0.3) is 5.95 Å². The lowest BCUT2D eigenvalue weighted by molar-refractivity contribution is 0.263. The Hall–Kier alpha value is -2.29. The van der Waals surface area contributed by atoms with Crippen molar-refractivity contribution >= 4 is 5.95 Å². The van der Waals surface area contributed by atoms with E-state index in [1.54, 1.807) is 0 Å². The molecule has 2 rings (SSSR count).